The number of hydrogen-bond donors (Lipinski definition) is 2. The zero-order valence-corrected chi connectivity index (χ0v) is 11.2. The summed E-state index contributed by atoms with van der Waals surface area (Å²) in [6, 6.07) is 3.36. The number of nitrogens with one attached hydrogen (secondary N) is 1. The lowest BCUT2D eigenvalue weighted by atomic mass is 9.98. The maximum absolute atomic E-state index is 13.7. The van der Waals surface area contributed by atoms with E-state index in [1.165, 1.54) is 12.8 Å². The van der Waals surface area contributed by atoms with Crippen molar-refractivity contribution in [2.45, 2.75) is 57.2 Å². The van der Waals surface area contributed by atoms with Crippen molar-refractivity contribution < 1.29 is 13.9 Å². The Balaban J connectivity index is 2.10. The average Bonchev–Trinajstić information content (AvgIpc) is 2.91. The number of aliphatic hydroxyl groups is 1. The van der Waals surface area contributed by atoms with Crippen LogP contribution in [0.1, 0.15) is 50.7 Å². The average molecular weight is 269 g/mol. The molecule has 0 bridgehead atoms. The normalized spacial score (nSPS) is 19.6. The number of benzene rings is 1. The minimum atomic E-state index is -1.01. The lowest BCUT2D eigenvalue weighted by Gasteiger charge is -2.27. The van der Waals surface area contributed by atoms with Crippen molar-refractivity contribution in [3.63, 3.8) is 0 Å². The fourth-order valence-electron chi connectivity index (χ4n) is 2.79. The lowest BCUT2D eigenvalue weighted by Crippen LogP contribution is -2.40. The van der Waals surface area contributed by atoms with E-state index in [2.05, 4.69) is 5.32 Å². The summed E-state index contributed by atoms with van der Waals surface area (Å²) in [5.74, 6) is -1.08. The Bertz CT molecular complexity index is 419. The first-order chi connectivity index (χ1) is 9.11. The molecule has 1 aromatic rings. The summed E-state index contributed by atoms with van der Waals surface area (Å²) >= 11 is 0. The van der Waals surface area contributed by atoms with Crippen LogP contribution in [-0.2, 0) is 0 Å². The summed E-state index contributed by atoms with van der Waals surface area (Å²) in [5.41, 5.74) is 0.0392. The molecule has 2 N–H and O–H groups in total. The standard InChI is InChI=1S/C15H21F2NO/c1-2-14(18-11-5-3-4-6-11)15(19)12-9-10(16)7-8-13(12)17/h7-9,11,14-15,18-19H,2-6H2,1H3. The molecular formula is C15H21F2NO. The molecule has 2 unspecified atom stereocenters. The van der Waals surface area contributed by atoms with Crippen molar-refractivity contribution in [2.24, 2.45) is 0 Å². The molecule has 1 aliphatic carbocycles. The van der Waals surface area contributed by atoms with Crippen LogP contribution >= 0.6 is 0 Å². The Morgan fingerprint density at radius 2 is 2.00 bits per heavy atom. The molecular weight excluding hydrogens is 248 g/mol. The molecule has 2 atom stereocenters. The van der Waals surface area contributed by atoms with Crippen LogP contribution < -0.4 is 5.32 Å². The van der Waals surface area contributed by atoms with E-state index >= 15 is 0 Å². The van der Waals surface area contributed by atoms with Gasteiger partial charge in [0.2, 0.25) is 0 Å². The number of halogens is 2. The molecule has 1 saturated carbocycles. The van der Waals surface area contributed by atoms with Crippen LogP contribution in [0.3, 0.4) is 0 Å². The summed E-state index contributed by atoms with van der Waals surface area (Å²) < 4.78 is 26.9. The van der Waals surface area contributed by atoms with E-state index in [4.69, 9.17) is 0 Å². The first kappa shape index (κ1) is 14.4. The largest absolute Gasteiger partial charge is 0.387 e. The lowest BCUT2D eigenvalue weighted by molar-refractivity contribution is 0.115. The molecule has 4 heteroatoms. The van der Waals surface area contributed by atoms with Crippen molar-refractivity contribution >= 4 is 0 Å². The number of hydrogen-bond acceptors (Lipinski definition) is 2. The Morgan fingerprint density at radius 1 is 1.32 bits per heavy atom. The monoisotopic (exact) mass is 269 g/mol. The third-order valence-corrected chi connectivity index (χ3v) is 3.90. The topological polar surface area (TPSA) is 32.3 Å². The van der Waals surface area contributed by atoms with Crippen LogP contribution in [0.15, 0.2) is 18.2 Å². The highest BCUT2D eigenvalue weighted by molar-refractivity contribution is 5.22. The van der Waals surface area contributed by atoms with Crippen LogP contribution in [0, 0.1) is 11.6 Å². The van der Waals surface area contributed by atoms with E-state index in [9.17, 15) is 13.9 Å². The molecule has 0 heterocycles. The van der Waals surface area contributed by atoms with Crippen LogP contribution in [0.4, 0.5) is 8.78 Å². The van der Waals surface area contributed by atoms with Gasteiger partial charge in [-0.3, -0.25) is 0 Å². The molecule has 0 aliphatic heterocycles. The fraction of sp³-hybridized carbons (Fsp3) is 0.600. The quantitative estimate of drug-likeness (QED) is 0.859. The highest BCUT2D eigenvalue weighted by Gasteiger charge is 2.26. The molecule has 2 rings (SSSR count). The van der Waals surface area contributed by atoms with E-state index in [0.717, 1.165) is 31.0 Å². The smallest absolute Gasteiger partial charge is 0.129 e. The Morgan fingerprint density at radius 3 is 2.63 bits per heavy atom. The van der Waals surface area contributed by atoms with Gasteiger partial charge in [-0.2, -0.15) is 0 Å². The second-order valence-corrected chi connectivity index (χ2v) is 5.27. The van der Waals surface area contributed by atoms with Gasteiger partial charge in [-0.25, -0.2) is 8.78 Å². The van der Waals surface area contributed by atoms with E-state index < -0.39 is 17.7 Å². The molecule has 19 heavy (non-hydrogen) atoms. The van der Waals surface area contributed by atoms with E-state index in [1.807, 2.05) is 6.92 Å². The predicted molar refractivity (Wildman–Crippen MR) is 70.8 cm³/mol. The first-order valence-electron chi connectivity index (χ1n) is 7.01. The second kappa shape index (κ2) is 6.44. The first-order valence-corrected chi connectivity index (χ1v) is 7.01. The highest BCUT2D eigenvalue weighted by Crippen LogP contribution is 2.25. The Kier molecular flexibility index (Phi) is 4.88. The summed E-state index contributed by atoms with van der Waals surface area (Å²) in [4.78, 5) is 0. The third-order valence-electron chi connectivity index (χ3n) is 3.90. The number of aliphatic hydroxyl groups excluding tert-OH is 1. The van der Waals surface area contributed by atoms with Crippen LogP contribution in [0.25, 0.3) is 0 Å². The van der Waals surface area contributed by atoms with Crippen molar-refractivity contribution in [1.29, 1.82) is 0 Å². The molecule has 2 nitrogen and oxygen atoms in total. The van der Waals surface area contributed by atoms with E-state index in [-0.39, 0.29) is 11.6 Å². The third kappa shape index (κ3) is 3.51. The van der Waals surface area contributed by atoms with Gasteiger partial charge < -0.3 is 10.4 Å². The summed E-state index contributed by atoms with van der Waals surface area (Å²) in [6.45, 7) is 1.94. The van der Waals surface area contributed by atoms with Gasteiger partial charge in [0, 0.05) is 17.6 Å². The minimum Gasteiger partial charge on any atom is -0.387 e. The zero-order chi connectivity index (χ0) is 13.8. The van der Waals surface area contributed by atoms with Crippen molar-refractivity contribution in [3.05, 3.63) is 35.4 Å². The van der Waals surface area contributed by atoms with Gasteiger partial charge in [-0.15, -0.1) is 0 Å². The van der Waals surface area contributed by atoms with E-state index in [1.54, 1.807) is 0 Å². The van der Waals surface area contributed by atoms with Crippen molar-refractivity contribution in [3.8, 4) is 0 Å². The summed E-state index contributed by atoms with van der Waals surface area (Å²) in [5, 5.41) is 13.6. The molecule has 1 aromatic carbocycles. The van der Waals surface area contributed by atoms with Gasteiger partial charge in [-0.1, -0.05) is 19.8 Å². The summed E-state index contributed by atoms with van der Waals surface area (Å²) in [7, 11) is 0. The van der Waals surface area contributed by atoms with Crippen LogP contribution in [0.2, 0.25) is 0 Å². The Hall–Kier alpha value is -1.00. The maximum atomic E-state index is 13.7. The Labute approximate surface area is 112 Å². The van der Waals surface area contributed by atoms with Gasteiger partial charge in [0.25, 0.3) is 0 Å². The van der Waals surface area contributed by atoms with Crippen LogP contribution in [-0.4, -0.2) is 17.2 Å². The molecule has 0 amide bonds. The molecule has 0 aromatic heterocycles. The SMILES string of the molecule is CCC(NC1CCCC1)C(O)c1cc(F)ccc1F. The van der Waals surface area contributed by atoms with Crippen molar-refractivity contribution in [2.75, 3.05) is 0 Å². The minimum absolute atomic E-state index is 0.0392. The van der Waals surface area contributed by atoms with Gasteiger partial charge >= 0.3 is 0 Å². The second-order valence-electron chi connectivity index (χ2n) is 5.27. The van der Waals surface area contributed by atoms with Crippen molar-refractivity contribution in [1.82, 2.24) is 5.32 Å². The number of rotatable bonds is 5. The van der Waals surface area contributed by atoms with E-state index in [0.29, 0.717) is 12.5 Å². The molecule has 0 radical (unpaired) electrons. The van der Waals surface area contributed by atoms with Crippen LogP contribution in [0.5, 0.6) is 0 Å². The highest BCUT2D eigenvalue weighted by atomic mass is 19.1. The molecule has 1 aliphatic rings. The molecule has 106 valence electrons. The van der Waals surface area contributed by atoms with Gasteiger partial charge in [0.05, 0.1) is 6.10 Å². The predicted octanol–water partition coefficient (Wildman–Crippen LogP) is 3.31. The van der Waals surface area contributed by atoms with Gasteiger partial charge in [0.1, 0.15) is 11.6 Å². The molecule has 0 saturated heterocycles. The van der Waals surface area contributed by atoms with Gasteiger partial charge in [0.15, 0.2) is 0 Å². The zero-order valence-electron chi connectivity index (χ0n) is 11.2. The maximum Gasteiger partial charge on any atom is 0.129 e. The molecule has 0 spiro atoms. The summed E-state index contributed by atoms with van der Waals surface area (Å²) in [6.07, 6.45) is 4.23. The molecule has 1 fully saturated rings. The fourth-order valence-corrected chi connectivity index (χ4v) is 2.79. The van der Waals surface area contributed by atoms with Gasteiger partial charge in [-0.05, 0) is 37.5 Å².